The minimum absolute atomic E-state index is 0.708. The maximum atomic E-state index is 4.36. The van der Waals surface area contributed by atoms with Gasteiger partial charge in [0.05, 0.1) is 24.6 Å². The van der Waals surface area contributed by atoms with Crippen molar-refractivity contribution in [2.24, 2.45) is 0 Å². The van der Waals surface area contributed by atoms with Crippen molar-refractivity contribution in [3.05, 3.63) is 73.1 Å². The molecule has 0 unspecified atom stereocenters. The Bertz CT molecular complexity index is 849. The van der Waals surface area contributed by atoms with Crippen LogP contribution in [0.15, 0.2) is 73.1 Å². The minimum Gasteiger partial charge on any atom is -0.354 e. The van der Waals surface area contributed by atoms with Gasteiger partial charge in [-0.15, -0.1) is 5.10 Å². The number of H-pyrrole nitrogens is 1. The second kappa shape index (κ2) is 7.00. The van der Waals surface area contributed by atoms with Crippen molar-refractivity contribution >= 4 is 5.95 Å². The summed E-state index contributed by atoms with van der Waals surface area (Å²) in [7, 11) is 0. The van der Waals surface area contributed by atoms with E-state index in [0.29, 0.717) is 13.1 Å². The Hall–Kier alpha value is -3.41. The van der Waals surface area contributed by atoms with Crippen molar-refractivity contribution < 1.29 is 0 Å². The Morgan fingerprint density at radius 2 is 1.64 bits per heavy atom. The van der Waals surface area contributed by atoms with E-state index in [0.717, 1.165) is 28.5 Å². The molecule has 2 aromatic carbocycles. The number of hydrogen-bond donors (Lipinski definition) is 2. The third kappa shape index (κ3) is 3.58. The normalized spacial score (nSPS) is 10.7. The van der Waals surface area contributed by atoms with Crippen molar-refractivity contribution in [3.8, 4) is 22.5 Å². The molecular weight excluding hydrogens is 312 g/mol. The first-order valence-corrected chi connectivity index (χ1v) is 8.18. The summed E-state index contributed by atoms with van der Waals surface area (Å²) in [6.45, 7) is 1.42. The van der Waals surface area contributed by atoms with Crippen molar-refractivity contribution in [1.82, 2.24) is 25.0 Å². The van der Waals surface area contributed by atoms with E-state index >= 15 is 0 Å². The van der Waals surface area contributed by atoms with Gasteiger partial charge >= 0.3 is 0 Å². The molecular formula is C19H18N6. The zero-order chi connectivity index (χ0) is 16.9. The van der Waals surface area contributed by atoms with Crippen molar-refractivity contribution in [2.45, 2.75) is 6.54 Å². The van der Waals surface area contributed by atoms with Gasteiger partial charge in [0.1, 0.15) is 5.69 Å². The predicted octanol–water partition coefficient (Wildman–Crippen LogP) is 3.45. The molecule has 0 atom stereocenters. The van der Waals surface area contributed by atoms with E-state index in [2.05, 4.69) is 37.7 Å². The highest BCUT2D eigenvalue weighted by Gasteiger charge is 2.04. The number of anilines is 1. The van der Waals surface area contributed by atoms with Crippen LogP contribution in [-0.4, -0.2) is 31.5 Å². The maximum Gasteiger partial charge on any atom is 0.200 e. The van der Waals surface area contributed by atoms with Crippen LogP contribution in [0.3, 0.4) is 0 Å². The lowest BCUT2D eigenvalue weighted by atomic mass is 10.2. The fourth-order valence-corrected chi connectivity index (χ4v) is 2.61. The molecule has 25 heavy (non-hydrogen) atoms. The van der Waals surface area contributed by atoms with Gasteiger partial charge in [-0.1, -0.05) is 65.9 Å². The summed E-state index contributed by atoms with van der Waals surface area (Å²) < 4.78 is 1.83. The minimum atomic E-state index is 0.708. The zero-order valence-electron chi connectivity index (χ0n) is 13.6. The topological polar surface area (TPSA) is 71.4 Å². The van der Waals surface area contributed by atoms with Gasteiger partial charge < -0.3 is 10.3 Å². The average Bonchev–Trinajstić information content (AvgIpc) is 3.33. The summed E-state index contributed by atoms with van der Waals surface area (Å²) in [6, 6.07) is 20.2. The van der Waals surface area contributed by atoms with E-state index in [1.165, 1.54) is 0 Å². The van der Waals surface area contributed by atoms with Crippen LogP contribution in [0.5, 0.6) is 0 Å². The van der Waals surface area contributed by atoms with E-state index in [1.54, 1.807) is 0 Å². The molecule has 4 aromatic rings. The van der Waals surface area contributed by atoms with E-state index in [9.17, 15) is 0 Å². The second-order valence-corrected chi connectivity index (χ2v) is 5.67. The molecule has 0 spiro atoms. The number of nitrogens with one attached hydrogen (secondary N) is 2. The largest absolute Gasteiger partial charge is 0.354 e. The van der Waals surface area contributed by atoms with Crippen LogP contribution < -0.4 is 5.32 Å². The second-order valence-electron chi connectivity index (χ2n) is 5.67. The molecule has 0 fully saturated rings. The standard InChI is InChI=1S/C19H18N6/c1-3-7-15(8-4-1)17-13-21-19(22-17)20-11-12-25-14-18(23-24-25)16-9-5-2-6-10-16/h1-10,13-14H,11-12H2,(H2,20,21,22). The highest BCUT2D eigenvalue weighted by Crippen LogP contribution is 2.18. The van der Waals surface area contributed by atoms with Crippen LogP contribution >= 0.6 is 0 Å². The SMILES string of the molecule is c1ccc(-c2cn(CCNc3ncc(-c4ccccc4)[nH]3)nn2)cc1. The lowest BCUT2D eigenvalue weighted by molar-refractivity contribution is 0.608. The van der Waals surface area contributed by atoms with Gasteiger partial charge in [-0.05, 0) is 5.56 Å². The third-order valence-electron chi connectivity index (χ3n) is 3.90. The smallest absolute Gasteiger partial charge is 0.200 e. The average molecular weight is 330 g/mol. The Balaban J connectivity index is 1.34. The van der Waals surface area contributed by atoms with Gasteiger partial charge in [-0.3, -0.25) is 4.68 Å². The molecule has 0 bridgehead atoms. The monoisotopic (exact) mass is 330 g/mol. The molecule has 6 heteroatoms. The number of aromatic amines is 1. The van der Waals surface area contributed by atoms with Crippen molar-refractivity contribution in [3.63, 3.8) is 0 Å². The van der Waals surface area contributed by atoms with Crippen LogP contribution in [-0.2, 0) is 6.54 Å². The molecule has 2 N–H and O–H groups in total. The molecule has 6 nitrogen and oxygen atoms in total. The first kappa shape index (κ1) is 15.1. The van der Waals surface area contributed by atoms with Crippen LogP contribution in [0.25, 0.3) is 22.5 Å². The molecule has 2 aromatic heterocycles. The molecule has 124 valence electrons. The molecule has 0 aliphatic rings. The summed E-state index contributed by atoms with van der Waals surface area (Å²) in [5.74, 6) is 0.752. The lowest BCUT2D eigenvalue weighted by Gasteiger charge is -2.02. The fourth-order valence-electron chi connectivity index (χ4n) is 2.61. The first-order valence-electron chi connectivity index (χ1n) is 8.18. The van der Waals surface area contributed by atoms with Crippen LogP contribution in [0.1, 0.15) is 0 Å². The molecule has 0 aliphatic heterocycles. The van der Waals surface area contributed by atoms with E-state index in [-0.39, 0.29) is 0 Å². The summed E-state index contributed by atoms with van der Waals surface area (Å²) in [5, 5.41) is 11.7. The quantitative estimate of drug-likeness (QED) is 0.568. The summed E-state index contributed by atoms with van der Waals surface area (Å²) >= 11 is 0. The molecule has 0 aliphatic carbocycles. The molecule has 0 radical (unpaired) electrons. The number of benzene rings is 2. The number of hydrogen-bond acceptors (Lipinski definition) is 4. The fraction of sp³-hybridized carbons (Fsp3) is 0.105. The molecule has 4 rings (SSSR count). The highest BCUT2D eigenvalue weighted by atomic mass is 15.4. The first-order chi connectivity index (χ1) is 12.4. The zero-order valence-corrected chi connectivity index (χ0v) is 13.6. The number of aromatic nitrogens is 5. The van der Waals surface area contributed by atoms with Crippen LogP contribution in [0, 0.1) is 0 Å². The van der Waals surface area contributed by atoms with Gasteiger partial charge in [0, 0.05) is 12.1 Å². The van der Waals surface area contributed by atoms with E-state index in [4.69, 9.17) is 0 Å². The number of nitrogens with zero attached hydrogens (tertiary/aromatic N) is 4. The predicted molar refractivity (Wildman–Crippen MR) is 98.0 cm³/mol. The number of imidazole rings is 1. The summed E-state index contributed by atoms with van der Waals surface area (Å²) in [4.78, 5) is 7.64. The summed E-state index contributed by atoms with van der Waals surface area (Å²) in [5.41, 5.74) is 4.06. The maximum absolute atomic E-state index is 4.36. The Labute approximate surface area is 145 Å². The van der Waals surface area contributed by atoms with E-state index in [1.807, 2.05) is 65.6 Å². The van der Waals surface area contributed by atoms with Crippen LogP contribution in [0.4, 0.5) is 5.95 Å². The van der Waals surface area contributed by atoms with Gasteiger partial charge in [-0.25, -0.2) is 4.98 Å². The van der Waals surface area contributed by atoms with Gasteiger partial charge in [0.15, 0.2) is 0 Å². The molecule has 0 amide bonds. The van der Waals surface area contributed by atoms with Crippen LogP contribution in [0.2, 0.25) is 0 Å². The summed E-state index contributed by atoms with van der Waals surface area (Å²) in [6.07, 6.45) is 3.79. The van der Waals surface area contributed by atoms with Gasteiger partial charge in [0.2, 0.25) is 5.95 Å². The Morgan fingerprint density at radius 3 is 2.40 bits per heavy atom. The van der Waals surface area contributed by atoms with Crippen molar-refractivity contribution in [1.29, 1.82) is 0 Å². The van der Waals surface area contributed by atoms with Gasteiger partial charge in [0.25, 0.3) is 0 Å². The molecule has 0 saturated heterocycles. The molecule has 2 heterocycles. The lowest BCUT2D eigenvalue weighted by Crippen LogP contribution is -2.11. The van der Waals surface area contributed by atoms with E-state index < -0.39 is 0 Å². The highest BCUT2D eigenvalue weighted by molar-refractivity contribution is 5.60. The van der Waals surface area contributed by atoms with Gasteiger partial charge in [-0.2, -0.15) is 0 Å². The Morgan fingerprint density at radius 1 is 0.920 bits per heavy atom. The van der Waals surface area contributed by atoms with Crippen molar-refractivity contribution in [2.75, 3.05) is 11.9 Å². The molecule has 0 saturated carbocycles. The number of rotatable bonds is 6. The Kier molecular flexibility index (Phi) is 4.24. The third-order valence-corrected chi connectivity index (χ3v) is 3.90.